The van der Waals surface area contributed by atoms with Crippen molar-refractivity contribution in [2.24, 2.45) is 0 Å². The van der Waals surface area contributed by atoms with Crippen LogP contribution in [0.2, 0.25) is 0 Å². The molecular formula is C18H25N3OS. The molecule has 1 aliphatic rings. The summed E-state index contributed by atoms with van der Waals surface area (Å²) in [6.07, 6.45) is 2.52. The van der Waals surface area contributed by atoms with Crippen LogP contribution in [0.5, 0.6) is 0 Å². The van der Waals surface area contributed by atoms with Gasteiger partial charge in [0.15, 0.2) is 0 Å². The van der Waals surface area contributed by atoms with E-state index < -0.39 is 0 Å². The van der Waals surface area contributed by atoms with Crippen LogP contribution < -0.4 is 10.6 Å². The van der Waals surface area contributed by atoms with Gasteiger partial charge in [-0.15, -0.1) is 11.3 Å². The third kappa shape index (κ3) is 4.77. The molecule has 4 nitrogen and oxygen atoms in total. The van der Waals surface area contributed by atoms with Crippen molar-refractivity contribution in [3.63, 3.8) is 0 Å². The third-order valence-electron chi connectivity index (χ3n) is 4.37. The van der Waals surface area contributed by atoms with Crippen molar-refractivity contribution < 1.29 is 4.79 Å². The smallest absolute Gasteiger partial charge is 0.220 e. The maximum Gasteiger partial charge on any atom is 0.220 e. The molecule has 3 rings (SSSR count). The zero-order chi connectivity index (χ0) is 15.9. The molecule has 5 heteroatoms. The Bertz CT molecular complexity index is 634. The van der Waals surface area contributed by atoms with Gasteiger partial charge in [0.05, 0.1) is 0 Å². The van der Waals surface area contributed by atoms with E-state index in [1.54, 1.807) is 11.3 Å². The van der Waals surface area contributed by atoms with Gasteiger partial charge < -0.3 is 10.6 Å². The highest BCUT2D eigenvalue weighted by molar-refractivity contribution is 7.17. The number of aryl methyl sites for hydroxylation is 1. The fourth-order valence-corrected chi connectivity index (χ4v) is 4.04. The Kier molecular flexibility index (Phi) is 6.02. The van der Waals surface area contributed by atoms with Crippen LogP contribution in [0.25, 0.3) is 10.1 Å². The van der Waals surface area contributed by atoms with Crippen LogP contribution in [0, 0.1) is 0 Å². The van der Waals surface area contributed by atoms with Gasteiger partial charge in [0.25, 0.3) is 0 Å². The Hall–Kier alpha value is -1.43. The number of carbonyl (C=O) groups is 1. The Morgan fingerprint density at radius 1 is 1.26 bits per heavy atom. The molecule has 124 valence electrons. The van der Waals surface area contributed by atoms with Gasteiger partial charge in [-0.2, -0.15) is 0 Å². The SMILES string of the molecule is O=C(CCCc1csc2ccccc12)NCCN1CCNCC1. The van der Waals surface area contributed by atoms with Crippen molar-refractivity contribution in [2.75, 3.05) is 39.3 Å². The molecule has 0 spiro atoms. The van der Waals surface area contributed by atoms with Crippen molar-refractivity contribution >= 4 is 27.3 Å². The first-order chi connectivity index (χ1) is 11.3. The highest BCUT2D eigenvalue weighted by Crippen LogP contribution is 2.26. The summed E-state index contributed by atoms with van der Waals surface area (Å²) in [5.41, 5.74) is 1.37. The highest BCUT2D eigenvalue weighted by atomic mass is 32.1. The zero-order valence-corrected chi connectivity index (χ0v) is 14.3. The first-order valence-electron chi connectivity index (χ1n) is 8.48. The first-order valence-corrected chi connectivity index (χ1v) is 9.36. The largest absolute Gasteiger partial charge is 0.355 e. The number of benzene rings is 1. The van der Waals surface area contributed by atoms with Gasteiger partial charge in [-0.1, -0.05) is 18.2 Å². The van der Waals surface area contributed by atoms with Gasteiger partial charge in [-0.3, -0.25) is 9.69 Å². The van der Waals surface area contributed by atoms with E-state index >= 15 is 0 Å². The molecule has 0 radical (unpaired) electrons. The van der Waals surface area contributed by atoms with Crippen molar-refractivity contribution in [3.05, 3.63) is 35.2 Å². The van der Waals surface area contributed by atoms with E-state index in [0.29, 0.717) is 6.42 Å². The summed E-state index contributed by atoms with van der Waals surface area (Å²) in [6, 6.07) is 8.50. The average molecular weight is 331 g/mol. The standard InChI is InChI=1S/C18H25N3OS/c22-18(20-10-13-21-11-8-19-9-12-21)7-3-4-15-14-23-17-6-2-1-5-16(15)17/h1-2,5-6,14,19H,3-4,7-13H2,(H,20,22). The number of thiophene rings is 1. The number of hydrogen-bond donors (Lipinski definition) is 2. The van der Waals surface area contributed by atoms with E-state index in [9.17, 15) is 4.79 Å². The van der Waals surface area contributed by atoms with Gasteiger partial charge in [-0.05, 0) is 35.2 Å². The molecule has 1 aromatic heterocycles. The predicted molar refractivity (Wildman–Crippen MR) is 97.1 cm³/mol. The minimum atomic E-state index is 0.180. The molecule has 23 heavy (non-hydrogen) atoms. The Labute approximate surface area is 141 Å². The summed E-state index contributed by atoms with van der Waals surface area (Å²) in [5.74, 6) is 0.180. The Balaban J connectivity index is 1.34. The normalized spacial score (nSPS) is 15.8. The molecule has 0 unspecified atom stereocenters. The Morgan fingerprint density at radius 3 is 2.96 bits per heavy atom. The molecule has 1 amide bonds. The number of carbonyl (C=O) groups excluding carboxylic acids is 1. The van der Waals surface area contributed by atoms with Gasteiger partial charge in [0.2, 0.25) is 5.91 Å². The topological polar surface area (TPSA) is 44.4 Å². The van der Waals surface area contributed by atoms with Crippen molar-refractivity contribution in [1.29, 1.82) is 0 Å². The summed E-state index contributed by atoms with van der Waals surface area (Å²) in [4.78, 5) is 14.3. The van der Waals surface area contributed by atoms with Crippen LogP contribution >= 0.6 is 11.3 Å². The summed E-state index contributed by atoms with van der Waals surface area (Å²) in [7, 11) is 0. The fraction of sp³-hybridized carbons (Fsp3) is 0.500. The van der Waals surface area contributed by atoms with E-state index in [2.05, 4.69) is 45.2 Å². The number of nitrogens with one attached hydrogen (secondary N) is 2. The van der Waals surface area contributed by atoms with Crippen molar-refractivity contribution in [2.45, 2.75) is 19.3 Å². The summed E-state index contributed by atoms with van der Waals surface area (Å²) < 4.78 is 1.34. The molecule has 1 aliphatic heterocycles. The second kappa shape index (κ2) is 8.43. The molecule has 0 saturated carbocycles. The van der Waals surface area contributed by atoms with Crippen molar-refractivity contribution in [3.8, 4) is 0 Å². The molecule has 0 bridgehead atoms. The maximum atomic E-state index is 11.9. The molecule has 2 heterocycles. The zero-order valence-electron chi connectivity index (χ0n) is 13.5. The lowest BCUT2D eigenvalue weighted by Crippen LogP contribution is -2.46. The maximum absolute atomic E-state index is 11.9. The molecule has 1 saturated heterocycles. The fourth-order valence-electron chi connectivity index (χ4n) is 3.04. The number of piperazine rings is 1. The van der Waals surface area contributed by atoms with E-state index in [1.807, 2.05) is 0 Å². The second-order valence-corrected chi connectivity index (χ2v) is 6.96. The van der Waals surface area contributed by atoms with Gasteiger partial charge in [-0.25, -0.2) is 0 Å². The van der Waals surface area contributed by atoms with E-state index in [4.69, 9.17) is 0 Å². The predicted octanol–water partition coefficient (Wildman–Crippen LogP) is 2.25. The molecule has 1 fully saturated rings. The number of hydrogen-bond acceptors (Lipinski definition) is 4. The third-order valence-corrected chi connectivity index (χ3v) is 5.38. The molecule has 2 N–H and O–H groups in total. The highest BCUT2D eigenvalue weighted by Gasteiger charge is 2.09. The molecule has 2 aromatic rings. The van der Waals surface area contributed by atoms with Crippen molar-refractivity contribution in [1.82, 2.24) is 15.5 Å². The molecule has 0 aliphatic carbocycles. The number of amides is 1. The quantitative estimate of drug-likeness (QED) is 0.818. The average Bonchev–Trinajstić information content (AvgIpc) is 2.99. The van der Waals surface area contributed by atoms with Crippen LogP contribution in [0.15, 0.2) is 29.6 Å². The van der Waals surface area contributed by atoms with Crippen LogP contribution in [0.3, 0.4) is 0 Å². The first kappa shape index (κ1) is 16.4. The van der Waals surface area contributed by atoms with E-state index in [0.717, 1.165) is 52.1 Å². The van der Waals surface area contributed by atoms with Crippen LogP contribution in [0.1, 0.15) is 18.4 Å². The Morgan fingerprint density at radius 2 is 2.09 bits per heavy atom. The van der Waals surface area contributed by atoms with E-state index in [1.165, 1.54) is 15.6 Å². The molecular weight excluding hydrogens is 306 g/mol. The minimum Gasteiger partial charge on any atom is -0.355 e. The molecule has 0 atom stereocenters. The van der Waals surface area contributed by atoms with Crippen LogP contribution in [-0.4, -0.2) is 50.1 Å². The van der Waals surface area contributed by atoms with Crippen LogP contribution in [-0.2, 0) is 11.2 Å². The lowest BCUT2D eigenvalue weighted by molar-refractivity contribution is -0.121. The van der Waals surface area contributed by atoms with Gasteiger partial charge in [0, 0.05) is 50.4 Å². The van der Waals surface area contributed by atoms with Gasteiger partial charge >= 0.3 is 0 Å². The lowest BCUT2D eigenvalue weighted by Gasteiger charge is -2.27. The number of fused-ring (bicyclic) bond motifs is 1. The summed E-state index contributed by atoms with van der Waals surface area (Å²) >= 11 is 1.79. The lowest BCUT2D eigenvalue weighted by atomic mass is 10.1. The molecule has 1 aromatic carbocycles. The summed E-state index contributed by atoms with van der Waals surface area (Å²) in [5, 5.41) is 9.96. The van der Waals surface area contributed by atoms with Gasteiger partial charge in [0.1, 0.15) is 0 Å². The minimum absolute atomic E-state index is 0.180. The second-order valence-electron chi connectivity index (χ2n) is 6.05. The monoisotopic (exact) mass is 331 g/mol. The number of nitrogens with zero attached hydrogens (tertiary/aromatic N) is 1. The van der Waals surface area contributed by atoms with Crippen LogP contribution in [0.4, 0.5) is 0 Å². The number of rotatable bonds is 7. The van der Waals surface area contributed by atoms with E-state index in [-0.39, 0.29) is 5.91 Å². The summed E-state index contributed by atoms with van der Waals surface area (Å²) in [6.45, 7) is 6.01.